The first-order valence-electron chi connectivity index (χ1n) is 30.5. The third-order valence-corrected chi connectivity index (χ3v) is 25.9. The molecule has 0 bridgehead atoms. The molecular formula is C56H49Cl2N15O34S11. The van der Waals surface area contributed by atoms with Crippen LogP contribution in [0, 0.1) is 6.92 Å². The second-order valence-electron chi connectivity index (χ2n) is 22.5. The number of azo groups is 2. The summed E-state index contributed by atoms with van der Waals surface area (Å²) in [4.78, 5) is 18.1. The van der Waals surface area contributed by atoms with Crippen LogP contribution >= 0.6 is 47.3 Å². The Balaban J connectivity index is 0.000000279. The summed E-state index contributed by atoms with van der Waals surface area (Å²) in [5.74, 6) is -5.48. The number of nitrogens with zero attached hydrogens (tertiary/aromatic N) is 10. The van der Waals surface area contributed by atoms with Gasteiger partial charge in [0.1, 0.15) is 37.4 Å². The Kier molecular flexibility index (Phi) is 29.7. The minimum Gasteiger partial charge on any atom is -0.505 e. The molecule has 0 radical (unpaired) electrons. The van der Waals surface area contributed by atoms with Gasteiger partial charge in [0.25, 0.3) is 50.5 Å². The number of aromatic hydroxyl groups is 2. The Morgan fingerprint density at radius 3 is 1.47 bits per heavy atom. The molecule has 0 saturated carbocycles. The summed E-state index contributed by atoms with van der Waals surface area (Å²) in [6.45, 7) is 0.741. The maximum Gasteiger partial charge on any atom is 0.397 e. The van der Waals surface area contributed by atoms with Crippen molar-refractivity contribution >= 4 is 230 Å². The van der Waals surface area contributed by atoms with Gasteiger partial charge in [-0.2, -0.15) is 72.0 Å². The summed E-state index contributed by atoms with van der Waals surface area (Å²) in [5.41, 5.74) is -2.22. The molecule has 10 rings (SSSR count). The fraction of sp³-hybridized carbons (Fsp3) is 0.107. The molecule has 1 atom stereocenters. The van der Waals surface area contributed by atoms with Crippen molar-refractivity contribution in [2.24, 2.45) is 20.5 Å². The fourth-order valence-corrected chi connectivity index (χ4v) is 18.5. The highest BCUT2D eigenvalue weighted by molar-refractivity contribution is 7.95. The quantitative estimate of drug-likeness (QED) is 0.00578. The molecule has 8 aromatic carbocycles. The van der Waals surface area contributed by atoms with E-state index in [1.54, 1.807) is 12.1 Å². The lowest BCUT2D eigenvalue weighted by molar-refractivity contribution is -0.434. The van der Waals surface area contributed by atoms with Gasteiger partial charge in [0.05, 0.1) is 83.8 Å². The van der Waals surface area contributed by atoms with Crippen LogP contribution in [0.1, 0.15) is 5.56 Å². The maximum atomic E-state index is 12.9. The zero-order valence-corrected chi connectivity index (χ0v) is 68.4. The van der Waals surface area contributed by atoms with E-state index in [2.05, 4.69) is 109 Å². The molecule has 0 spiro atoms. The monoisotopic (exact) mass is 1900 g/mol. The average molecular weight is 1900 g/mol. The van der Waals surface area contributed by atoms with E-state index in [1.807, 2.05) is 6.92 Å². The van der Waals surface area contributed by atoms with Crippen molar-refractivity contribution in [2.75, 3.05) is 56.9 Å². The largest absolute Gasteiger partial charge is 0.505 e. The van der Waals surface area contributed by atoms with Crippen LogP contribution in [-0.2, 0) is 124 Å². The van der Waals surface area contributed by atoms with Gasteiger partial charge in [-0.15, -0.1) is 33.5 Å². The molecule has 2 aromatic heterocycles. The van der Waals surface area contributed by atoms with Crippen LogP contribution in [0.15, 0.2) is 186 Å². The average Bonchev–Trinajstić information content (AvgIpc) is 0.755. The van der Waals surface area contributed by atoms with E-state index >= 15 is 0 Å². The van der Waals surface area contributed by atoms with Crippen LogP contribution in [0.2, 0.25) is 10.6 Å². The molecule has 0 aliphatic carbocycles. The summed E-state index contributed by atoms with van der Waals surface area (Å²) in [5, 5.41) is 83.4. The standard InChI is InChI=1S/C34H29ClN8O18S6.C22H20ClN7O16S5/c1-18-2-8-22(9-3-18)65(50,51)43-21-6-4-20(5-7-21)36-33-38-32(35)39-34(40-33)37-26-16-24(66(52,53)54)14-19-15-27(62-60-58-45)30(31(44)29(19)26)42-41-25-11-10-23(17-28(25)67(55,56)57)64(48,49)13-12-63(47)61-59-46;1-24-21-26-20(23)27-22(28-21)25-14-8-11(47-46-45-32)6-10-7-16(50(38,39)40)18(19(31)17(10)14)30-29-13-3-2-12(9-15(13)49(35,36)37)48(33,34)5-4-44-51(41,42)43/h2-11,14-17,43-46H,12-13H2,1H3,(H,52,53,54)(H,55,56,57)(H2,36,37,38,39,40);2-3,6-9,31-32H,4-5H2,1H3,(H,35,36,37)(H,38,39,40)(H,41,42,43)(H2,24,25,26,27,28). The van der Waals surface area contributed by atoms with Crippen molar-refractivity contribution in [3.05, 3.63) is 137 Å². The minimum atomic E-state index is -5.31. The van der Waals surface area contributed by atoms with E-state index in [1.165, 1.54) is 55.6 Å². The van der Waals surface area contributed by atoms with Crippen molar-refractivity contribution in [3.63, 3.8) is 0 Å². The highest BCUT2D eigenvalue weighted by atomic mass is 35.5. The van der Waals surface area contributed by atoms with Crippen LogP contribution in [0.5, 0.6) is 11.5 Å². The zero-order chi connectivity index (χ0) is 86.8. The van der Waals surface area contributed by atoms with Gasteiger partial charge in [0, 0.05) is 34.1 Å². The lowest BCUT2D eigenvalue weighted by Gasteiger charge is -2.15. The number of halogens is 2. The summed E-state index contributed by atoms with van der Waals surface area (Å²) in [6.07, 6.45) is 0. The molecule has 0 aliphatic heterocycles. The van der Waals surface area contributed by atoms with Gasteiger partial charge in [-0.05, 0) is 150 Å². The SMILES string of the molecule is CNc1nc(Cl)nc(Nc2cc(SOOO)cc3cc(S(=O)(=O)O)c(N=Nc4ccc(S(=O)(=O)CCOS(=O)(=O)O)cc4S(=O)(=O)O)c(O)c23)n1.Cc1ccc(S(=O)(=O)Nc2ccc(Nc3nc(Cl)nc(Nc4cc(S(=O)(=O)O)cc5cc(SOOO)c(N=Nc6ccc(S(=O)(=O)CCS(=O)OOO)cc6S(=O)(=O)O)c(O)c45)n3)cc2)cc1. The van der Waals surface area contributed by atoms with Gasteiger partial charge in [-0.25, -0.2) is 49.4 Å². The molecule has 0 amide bonds. The molecular weight excluding hydrogens is 1850 g/mol. The molecule has 2 heterocycles. The number of sulfone groups is 2. The Bertz CT molecular complexity index is 6650. The van der Waals surface area contributed by atoms with Gasteiger partial charge in [-0.1, -0.05) is 32.8 Å². The Morgan fingerprint density at radius 2 is 0.949 bits per heavy atom. The smallest absolute Gasteiger partial charge is 0.397 e. The Hall–Kier alpha value is -9.47. The van der Waals surface area contributed by atoms with E-state index in [0.29, 0.717) is 35.9 Å². The Morgan fingerprint density at radius 1 is 0.475 bits per heavy atom. The predicted octanol–water partition coefficient (Wildman–Crippen LogP) is 9.28. The number of rotatable bonds is 35. The normalized spacial score (nSPS) is 12.9. The number of phenols is 2. The van der Waals surface area contributed by atoms with Gasteiger partial charge in [0.15, 0.2) is 42.3 Å². The summed E-state index contributed by atoms with van der Waals surface area (Å²) < 4.78 is 277. The molecule has 0 fully saturated rings. The van der Waals surface area contributed by atoms with Gasteiger partial charge in [-0.3, -0.25) is 27.5 Å². The van der Waals surface area contributed by atoms with Crippen molar-refractivity contribution in [1.82, 2.24) is 29.9 Å². The van der Waals surface area contributed by atoms with E-state index in [0.717, 1.165) is 48.0 Å². The third kappa shape index (κ3) is 24.4. The molecule has 15 N–H and O–H groups in total. The molecule has 49 nitrogen and oxygen atoms in total. The van der Waals surface area contributed by atoms with Crippen LogP contribution in [-0.4, -0.2) is 181 Å². The van der Waals surface area contributed by atoms with Crippen LogP contribution in [0.3, 0.4) is 0 Å². The van der Waals surface area contributed by atoms with Gasteiger partial charge in [0.2, 0.25) is 34.4 Å². The number of nitrogens with one attached hydrogen (secondary N) is 5. The van der Waals surface area contributed by atoms with Crippen LogP contribution < -0.4 is 26.0 Å². The van der Waals surface area contributed by atoms with Crippen molar-refractivity contribution in [2.45, 2.75) is 51.0 Å². The summed E-state index contributed by atoms with van der Waals surface area (Å²) >= 11 is 10.3. The minimum absolute atomic E-state index is 0.00313. The first kappa shape index (κ1) is 92.4. The third-order valence-electron chi connectivity index (χ3n) is 14.7. The number of fused-ring (bicyclic) bond motifs is 2. The van der Waals surface area contributed by atoms with Crippen molar-refractivity contribution in [1.29, 1.82) is 0 Å². The number of anilines is 8. The first-order chi connectivity index (χ1) is 55.1. The number of benzene rings is 8. The molecule has 62 heteroatoms. The number of hydrogen-bond donors (Lipinski definition) is 15. The highest BCUT2D eigenvalue weighted by Gasteiger charge is 2.30. The van der Waals surface area contributed by atoms with Gasteiger partial charge >= 0.3 is 10.4 Å². The molecule has 632 valence electrons. The predicted molar refractivity (Wildman–Crippen MR) is 410 cm³/mol. The number of aromatic nitrogens is 6. The topological polar surface area (TPSA) is 744 Å². The van der Waals surface area contributed by atoms with Crippen molar-refractivity contribution < 1.29 is 153 Å². The van der Waals surface area contributed by atoms with E-state index in [-0.39, 0.29) is 88.5 Å². The first-order valence-corrected chi connectivity index (χ1v) is 45.9. The van der Waals surface area contributed by atoms with E-state index in [9.17, 15) is 100.0 Å². The van der Waals surface area contributed by atoms with Crippen molar-refractivity contribution in [3.8, 4) is 11.5 Å². The molecule has 118 heavy (non-hydrogen) atoms. The zero-order valence-electron chi connectivity index (χ0n) is 57.9. The van der Waals surface area contributed by atoms with Crippen LogP contribution in [0.25, 0.3) is 21.5 Å². The number of phenolic OH excluding ortho intramolecular Hbond substituents is 2. The fourth-order valence-electron chi connectivity index (χ4n) is 9.67. The Labute approximate surface area is 684 Å². The summed E-state index contributed by atoms with van der Waals surface area (Å²) in [7, 11) is -37.3. The van der Waals surface area contributed by atoms with E-state index in [4.69, 9.17) is 43.5 Å². The number of hydrogen-bond acceptors (Lipinski definition) is 45. The lowest BCUT2D eigenvalue weighted by Crippen LogP contribution is -2.16. The lowest BCUT2D eigenvalue weighted by atomic mass is 10.1. The van der Waals surface area contributed by atoms with E-state index < -0.39 is 190 Å². The highest BCUT2D eigenvalue weighted by Crippen LogP contribution is 2.50. The van der Waals surface area contributed by atoms with Gasteiger partial charge < -0.3 is 31.5 Å². The molecule has 10 aromatic rings. The second kappa shape index (κ2) is 37.9. The molecule has 0 aliphatic rings. The number of aryl methyl sites for hydroxylation is 1. The molecule has 0 saturated heterocycles. The maximum absolute atomic E-state index is 12.9. The second-order valence-corrected chi connectivity index (χ2v) is 38.4. The van der Waals surface area contributed by atoms with Crippen LogP contribution in [0.4, 0.5) is 69.3 Å². The number of sulfonamides is 1. The molecule has 1 unspecified atom stereocenters. The summed E-state index contributed by atoms with van der Waals surface area (Å²) in [6, 6.07) is 22.1.